The average molecular weight is 449 g/mol. The first kappa shape index (κ1) is 21.1. The highest BCUT2D eigenvalue weighted by Crippen LogP contribution is 2.12. The van der Waals surface area contributed by atoms with Crippen LogP contribution in [-0.4, -0.2) is 36.8 Å². The molecule has 0 bridgehead atoms. The second-order valence-corrected chi connectivity index (χ2v) is 6.45. The lowest BCUT2D eigenvalue weighted by atomic mass is 10.1. The SMILES string of the molecule is CC(=O)c1ccc(OCC(=O)OCC(=O)NNC(=O)c2ccc(Br)cc2)cc1. The van der Waals surface area contributed by atoms with E-state index in [9.17, 15) is 19.2 Å². The van der Waals surface area contributed by atoms with E-state index >= 15 is 0 Å². The Morgan fingerprint density at radius 3 is 2.07 bits per heavy atom. The van der Waals surface area contributed by atoms with Gasteiger partial charge in [-0.2, -0.15) is 0 Å². The average Bonchev–Trinajstić information content (AvgIpc) is 2.69. The number of hydrazine groups is 1. The fourth-order valence-electron chi connectivity index (χ4n) is 1.95. The third-order valence-corrected chi connectivity index (χ3v) is 3.93. The van der Waals surface area contributed by atoms with E-state index < -0.39 is 31.0 Å². The van der Waals surface area contributed by atoms with Crippen molar-refractivity contribution in [3.63, 3.8) is 0 Å². The number of carbonyl (C=O) groups is 4. The molecule has 146 valence electrons. The molecule has 0 fully saturated rings. The lowest BCUT2D eigenvalue weighted by Crippen LogP contribution is -2.43. The van der Waals surface area contributed by atoms with Gasteiger partial charge in [-0.3, -0.25) is 25.2 Å². The van der Waals surface area contributed by atoms with E-state index in [0.717, 1.165) is 4.47 Å². The molecule has 0 atom stereocenters. The summed E-state index contributed by atoms with van der Waals surface area (Å²) in [5, 5.41) is 0. The lowest BCUT2D eigenvalue weighted by Gasteiger charge is -2.09. The molecule has 0 aliphatic heterocycles. The second kappa shape index (κ2) is 10.2. The van der Waals surface area contributed by atoms with Gasteiger partial charge in [0.15, 0.2) is 19.0 Å². The lowest BCUT2D eigenvalue weighted by molar-refractivity contribution is -0.150. The molecule has 0 saturated heterocycles. The largest absolute Gasteiger partial charge is 0.482 e. The van der Waals surface area contributed by atoms with Crippen LogP contribution in [0.4, 0.5) is 0 Å². The summed E-state index contributed by atoms with van der Waals surface area (Å²) in [5.41, 5.74) is 5.23. The summed E-state index contributed by atoms with van der Waals surface area (Å²) in [4.78, 5) is 46.3. The summed E-state index contributed by atoms with van der Waals surface area (Å²) >= 11 is 3.25. The number of benzene rings is 2. The summed E-state index contributed by atoms with van der Waals surface area (Å²) in [7, 11) is 0. The number of ether oxygens (including phenoxy) is 2. The number of rotatable bonds is 7. The summed E-state index contributed by atoms with van der Waals surface area (Å²) in [6.45, 7) is 0.462. The number of halogens is 1. The van der Waals surface area contributed by atoms with E-state index in [1.807, 2.05) is 0 Å². The molecule has 2 N–H and O–H groups in total. The first-order valence-electron chi connectivity index (χ1n) is 8.09. The molecule has 2 amide bonds. The highest BCUT2D eigenvalue weighted by molar-refractivity contribution is 9.10. The summed E-state index contributed by atoms with van der Waals surface area (Å²) < 4.78 is 10.8. The molecule has 28 heavy (non-hydrogen) atoms. The first-order valence-corrected chi connectivity index (χ1v) is 8.88. The Bertz CT molecular complexity index is 865. The fraction of sp³-hybridized carbons (Fsp3) is 0.158. The van der Waals surface area contributed by atoms with E-state index in [1.54, 1.807) is 48.5 Å². The van der Waals surface area contributed by atoms with Crippen molar-refractivity contribution in [3.05, 3.63) is 64.1 Å². The van der Waals surface area contributed by atoms with Gasteiger partial charge in [-0.05, 0) is 55.5 Å². The van der Waals surface area contributed by atoms with Crippen LogP contribution in [0.5, 0.6) is 5.75 Å². The van der Waals surface area contributed by atoms with Crippen LogP contribution < -0.4 is 15.6 Å². The molecule has 9 heteroatoms. The predicted octanol–water partition coefficient (Wildman–Crippen LogP) is 2.03. The van der Waals surface area contributed by atoms with Crippen molar-refractivity contribution in [1.82, 2.24) is 10.9 Å². The molecule has 0 aliphatic carbocycles. The third kappa shape index (κ3) is 6.84. The van der Waals surface area contributed by atoms with Gasteiger partial charge in [0.25, 0.3) is 11.8 Å². The van der Waals surface area contributed by atoms with Gasteiger partial charge in [-0.15, -0.1) is 0 Å². The van der Waals surface area contributed by atoms with Crippen molar-refractivity contribution < 1.29 is 28.7 Å². The van der Waals surface area contributed by atoms with Crippen LogP contribution in [0.3, 0.4) is 0 Å². The maximum atomic E-state index is 11.8. The number of nitrogens with one attached hydrogen (secondary N) is 2. The zero-order valence-corrected chi connectivity index (χ0v) is 16.4. The Hall–Kier alpha value is -3.20. The number of ketones is 1. The Labute approximate surface area is 169 Å². The van der Waals surface area contributed by atoms with Crippen molar-refractivity contribution in [1.29, 1.82) is 0 Å². The van der Waals surface area contributed by atoms with Gasteiger partial charge in [0, 0.05) is 15.6 Å². The molecule has 8 nitrogen and oxygen atoms in total. The Morgan fingerprint density at radius 2 is 1.46 bits per heavy atom. The molecule has 2 aromatic rings. The van der Waals surface area contributed by atoms with Gasteiger partial charge in [0.05, 0.1) is 0 Å². The molecule has 2 aromatic carbocycles. The monoisotopic (exact) mass is 448 g/mol. The first-order chi connectivity index (χ1) is 13.3. The number of Topliss-reactive ketones (excluding diaryl/α,β-unsaturated/α-hetero) is 1. The molecular formula is C19H17BrN2O6. The summed E-state index contributed by atoms with van der Waals surface area (Å²) in [6.07, 6.45) is 0. The Balaban J connectivity index is 1.67. The highest BCUT2D eigenvalue weighted by Gasteiger charge is 2.11. The quantitative estimate of drug-likeness (QED) is 0.380. The Morgan fingerprint density at radius 1 is 0.857 bits per heavy atom. The van der Waals surface area contributed by atoms with Gasteiger partial charge >= 0.3 is 5.97 Å². The van der Waals surface area contributed by atoms with Gasteiger partial charge in [0.1, 0.15) is 5.75 Å². The van der Waals surface area contributed by atoms with Crippen LogP contribution in [0, 0.1) is 0 Å². The molecule has 0 aromatic heterocycles. The second-order valence-electron chi connectivity index (χ2n) is 5.54. The third-order valence-electron chi connectivity index (χ3n) is 3.40. The van der Waals surface area contributed by atoms with Gasteiger partial charge in [0.2, 0.25) is 0 Å². The van der Waals surface area contributed by atoms with Crippen LogP contribution in [0.15, 0.2) is 53.0 Å². The maximum Gasteiger partial charge on any atom is 0.344 e. The molecule has 0 aliphatic rings. The zero-order valence-electron chi connectivity index (χ0n) is 14.9. The number of hydrogen-bond donors (Lipinski definition) is 2. The molecular weight excluding hydrogens is 432 g/mol. The van der Waals surface area contributed by atoms with Gasteiger partial charge in [-0.1, -0.05) is 15.9 Å². The molecule has 0 radical (unpaired) electrons. The van der Waals surface area contributed by atoms with Gasteiger partial charge < -0.3 is 9.47 Å². The highest BCUT2D eigenvalue weighted by atomic mass is 79.9. The van der Waals surface area contributed by atoms with E-state index in [0.29, 0.717) is 16.9 Å². The van der Waals surface area contributed by atoms with E-state index in [2.05, 4.69) is 26.8 Å². The van der Waals surface area contributed by atoms with Crippen molar-refractivity contribution in [2.45, 2.75) is 6.92 Å². The van der Waals surface area contributed by atoms with Crippen LogP contribution in [0.2, 0.25) is 0 Å². The molecule has 0 heterocycles. The van der Waals surface area contributed by atoms with Crippen LogP contribution in [-0.2, 0) is 14.3 Å². The Kier molecular flexibility index (Phi) is 7.70. The number of hydrogen-bond acceptors (Lipinski definition) is 6. The van der Waals surface area contributed by atoms with Crippen LogP contribution in [0.25, 0.3) is 0 Å². The maximum absolute atomic E-state index is 11.8. The van der Waals surface area contributed by atoms with Crippen LogP contribution in [0.1, 0.15) is 27.6 Å². The molecule has 2 rings (SSSR count). The number of amides is 2. The van der Waals surface area contributed by atoms with Crippen molar-refractivity contribution in [2.24, 2.45) is 0 Å². The van der Waals surface area contributed by atoms with E-state index in [-0.39, 0.29) is 5.78 Å². The van der Waals surface area contributed by atoms with Gasteiger partial charge in [-0.25, -0.2) is 4.79 Å². The molecule has 0 spiro atoms. The molecule has 0 saturated carbocycles. The molecule has 0 unspecified atom stereocenters. The smallest absolute Gasteiger partial charge is 0.344 e. The summed E-state index contributed by atoms with van der Waals surface area (Å²) in [6, 6.07) is 12.8. The minimum Gasteiger partial charge on any atom is -0.482 e. The minimum absolute atomic E-state index is 0.0794. The van der Waals surface area contributed by atoms with Crippen molar-refractivity contribution >= 4 is 39.5 Å². The van der Waals surface area contributed by atoms with Crippen molar-refractivity contribution in [2.75, 3.05) is 13.2 Å². The summed E-state index contributed by atoms with van der Waals surface area (Å²) in [5.74, 6) is -1.67. The van der Waals surface area contributed by atoms with E-state index in [4.69, 9.17) is 9.47 Å². The number of esters is 1. The standard InChI is InChI=1S/C19H17BrN2O6/c1-12(23)13-4-8-16(9-5-13)27-11-18(25)28-10-17(24)21-22-19(26)14-2-6-15(20)7-3-14/h2-9H,10-11H2,1H3,(H,21,24)(H,22,26). The normalized spacial score (nSPS) is 9.93. The predicted molar refractivity (Wildman–Crippen MR) is 103 cm³/mol. The minimum atomic E-state index is -0.759. The topological polar surface area (TPSA) is 111 Å². The van der Waals surface area contributed by atoms with E-state index in [1.165, 1.54) is 6.92 Å². The zero-order chi connectivity index (χ0) is 20.5. The van der Waals surface area contributed by atoms with Crippen LogP contribution >= 0.6 is 15.9 Å². The fourth-order valence-corrected chi connectivity index (χ4v) is 2.22. The van der Waals surface area contributed by atoms with Crippen molar-refractivity contribution in [3.8, 4) is 5.75 Å². The number of carbonyl (C=O) groups excluding carboxylic acids is 4.